The first kappa shape index (κ1) is 23.7. The third-order valence-electron chi connectivity index (χ3n) is 4.47. The highest BCUT2D eigenvalue weighted by Gasteiger charge is 2.41. The fourth-order valence-corrected chi connectivity index (χ4v) is 3.75. The lowest BCUT2D eigenvalue weighted by molar-refractivity contribution is -0.385. The van der Waals surface area contributed by atoms with E-state index in [-0.39, 0.29) is 23.1 Å². The monoisotopic (exact) mass is 473 g/mol. The SMILES string of the molecule is CCOC(=O)C(C)N1C(=O)S/C(=C\c2ccc(Oc3ccc([N+](=O)[O-])cn3)c(OC)c2)C1=O. The second-order valence-corrected chi connectivity index (χ2v) is 7.60. The second kappa shape index (κ2) is 10.1. The van der Waals surface area contributed by atoms with Crippen LogP contribution in [0.5, 0.6) is 17.4 Å². The van der Waals surface area contributed by atoms with Crippen molar-refractivity contribution in [1.82, 2.24) is 9.88 Å². The molecule has 11 nitrogen and oxygen atoms in total. The van der Waals surface area contributed by atoms with E-state index in [1.807, 2.05) is 0 Å². The van der Waals surface area contributed by atoms with Gasteiger partial charge in [0, 0.05) is 12.1 Å². The van der Waals surface area contributed by atoms with Crippen molar-refractivity contribution in [3.63, 3.8) is 0 Å². The van der Waals surface area contributed by atoms with Crippen LogP contribution in [0.25, 0.3) is 6.08 Å². The lowest BCUT2D eigenvalue weighted by atomic mass is 10.1. The molecule has 1 aromatic heterocycles. The molecule has 3 rings (SSSR count). The first-order valence-corrected chi connectivity index (χ1v) is 10.5. The van der Waals surface area contributed by atoms with Crippen molar-refractivity contribution in [3.8, 4) is 17.4 Å². The molecule has 12 heteroatoms. The number of thioether (sulfide) groups is 1. The molecule has 0 saturated carbocycles. The van der Waals surface area contributed by atoms with E-state index >= 15 is 0 Å². The Labute approximate surface area is 192 Å². The van der Waals surface area contributed by atoms with Crippen molar-refractivity contribution in [3.05, 3.63) is 57.1 Å². The fourth-order valence-electron chi connectivity index (χ4n) is 2.85. The average Bonchev–Trinajstić information content (AvgIpc) is 3.07. The number of carbonyl (C=O) groups is 3. The van der Waals surface area contributed by atoms with Crippen molar-refractivity contribution in [2.75, 3.05) is 13.7 Å². The standard InChI is InChI=1S/C21H19N3O8S/c1-4-31-20(26)12(2)23-19(25)17(33-21(23)27)10-13-5-7-15(16(9-13)30-3)32-18-8-6-14(11-22-18)24(28)29/h5-12H,4H2,1-3H3/b17-10-. The zero-order valence-electron chi connectivity index (χ0n) is 17.8. The number of benzene rings is 1. The summed E-state index contributed by atoms with van der Waals surface area (Å²) in [5.74, 6) is -0.534. The van der Waals surface area contributed by atoms with Crippen molar-refractivity contribution >= 4 is 40.6 Å². The summed E-state index contributed by atoms with van der Waals surface area (Å²) >= 11 is 0.718. The minimum Gasteiger partial charge on any atom is -0.493 e. The summed E-state index contributed by atoms with van der Waals surface area (Å²) in [6, 6.07) is 6.36. The van der Waals surface area contributed by atoms with Gasteiger partial charge in [-0.2, -0.15) is 0 Å². The van der Waals surface area contributed by atoms with E-state index in [1.54, 1.807) is 25.1 Å². The van der Waals surface area contributed by atoms with Crippen LogP contribution in [-0.4, -0.2) is 51.7 Å². The molecule has 0 bridgehead atoms. The van der Waals surface area contributed by atoms with Gasteiger partial charge < -0.3 is 14.2 Å². The Balaban J connectivity index is 1.80. The molecule has 2 aromatic rings. The van der Waals surface area contributed by atoms with Gasteiger partial charge in [-0.3, -0.25) is 24.6 Å². The van der Waals surface area contributed by atoms with Crippen LogP contribution in [0.4, 0.5) is 10.5 Å². The quantitative estimate of drug-likeness (QED) is 0.241. The van der Waals surface area contributed by atoms with Crippen LogP contribution in [0.1, 0.15) is 19.4 Å². The van der Waals surface area contributed by atoms with Crippen LogP contribution in [-0.2, 0) is 14.3 Å². The second-order valence-electron chi connectivity index (χ2n) is 6.60. The third-order valence-corrected chi connectivity index (χ3v) is 5.35. The number of hydrogen-bond donors (Lipinski definition) is 0. The first-order valence-electron chi connectivity index (χ1n) is 9.65. The molecule has 1 aliphatic rings. The molecule has 0 radical (unpaired) electrons. The Morgan fingerprint density at radius 2 is 2.03 bits per heavy atom. The summed E-state index contributed by atoms with van der Waals surface area (Å²) in [6.45, 7) is 3.20. The maximum Gasteiger partial charge on any atom is 0.329 e. The largest absolute Gasteiger partial charge is 0.493 e. The van der Waals surface area contributed by atoms with Crippen LogP contribution in [0.2, 0.25) is 0 Å². The molecule has 1 atom stereocenters. The molecule has 1 saturated heterocycles. The Morgan fingerprint density at radius 3 is 2.64 bits per heavy atom. The molecule has 1 aromatic carbocycles. The topological polar surface area (TPSA) is 138 Å². The van der Waals surface area contributed by atoms with Crippen LogP contribution in [0, 0.1) is 10.1 Å². The van der Waals surface area contributed by atoms with Gasteiger partial charge in [-0.1, -0.05) is 6.07 Å². The highest BCUT2D eigenvalue weighted by Crippen LogP contribution is 2.36. The maximum atomic E-state index is 12.7. The fraction of sp³-hybridized carbons (Fsp3) is 0.238. The van der Waals surface area contributed by atoms with Gasteiger partial charge >= 0.3 is 5.97 Å². The number of pyridine rings is 1. The normalized spacial score (nSPS) is 15.5. The third kappa shape index (κ3) is 5.29. The van der Waals surface area contributed by atoms with Crippen LogP contribution in [0.15, 0.2) is 41.4 Å². The summed E-state index contributed by atoms with van der Waals surface area (Å²) in [4.78, 5) is 52.0. The van der Waals surface area contributed by atoms with E-state index < -0.39 is 28.1 Å². The molecule has 1 fully saturated rings. The summed E-state index contributed by atoms with van der Waals surface area (Å²) in [7, 11) is 1.42. The number of esters is 1. The Morgan fingerprint density at radius 1 is 1.27 bits per heavy atom. The van der Waals surface area contributed by atoms with Crippen LogP contribution < -0.4 is 9.47 Å². The molecule has 2 amide bonds. The van der Waals surface area contributed by atoms with Gasteiger partial charge in [0.1, 0.15) is 12.2 Å². The summed E-state index contributed by atoms with van der Waals surface area (Å²) in [5, 5.41) is 10.2. The number of ether oxygens (including phenoxy) is 3. The van der Waals surface area contributed by atoms with E-state index in [0.717, 1.165) is 22.9 Å². The summed E-state index contributed by atoms with van der Waals surface area (Å²) < 4.78 is 15.9. The number of nitro groups is 1. The predicted molar refractivity (Wildman–Crippen MR) is 118 cm³/mol. The zero-order valence-corrected chi connectivity index (χ0v) is 18.7. The molecule has 0 aliphatic carbocycles. The highest BCUT2D eigenvalue weighted by molar-refractivity contribution is 8.18. The van der Waals surface area contributed by atoms with E-state index in [4.69, 9.17) is 14.2 Å². The van der Waals surface area contributed by atoms with Crippen molar-refractivity contribution < 1.29 is 33.5 Å². The number of aromatic nitrogens is 1. The molecule has 0 N–H and O–H groups in total. The number of rotatable bonds is 8. The molecule has 0 spiro atoms. The Bertz CT molecular complexity index is 1130. The van der Waals surface area contributed by atoms with E-state index in [9.17, 15) is 24.5 Å². The van der Waals surface area contributed by atoms with Crippen LogP contribution >= 0.6 is 11.8 Å². The van der Waals surface area contributed by atoms with E-state index in [1.165, 1.54) is 32.2 Å². The minimum absolute atomic E-state index is 0.126. The van der Waals surface area contributed by atoms with Crippen molar-refractivity contribution in [2.24, 2.45) is 0 Å². The van der Waals surface area contributed by atoms with Crippen LogP contribution in [0.3, 0.4) is 0 Å². The molecule has 1 aliphatic heterocycles. The smallest absolute Gasteiger partial charge is 0.329 e. The van der Waals surface area contributed by atoms with E-state index in [0.29, 0.717) is 17.1 Å². The Kier molecular flexibility index (Phi) is 7.28. The summed E-state index contributed by atoms with van der Waals surface area (Å²) in [5.41, 5.74) is 0.376. The number of amides is 2. The number of hydrogen-bond acceptors (Lipinski definition) is 10. The lowest BCUT2D eigenvalue weighted by Crippen LogP contribution is -2.42. The molecule has 172 valence electrons. The van der Waals surface area contributed by atoms with E-state index in [2.05, 4.69) is 4.98 Å². The highest BCUT2D eigenvalue weighted by atomic mass is 32.2. The minimum atomic E-state index is -1.04. The van der Waals surface area contributed by atoms with Gasteiger partial charge in [-0.15, -0.1) is 0 Å². The maximum absolute atomic E-state index is 12.7. The average molecular weight is 473 g/mol. The number of imide groups is 1. The van der Waals surface area contributed by atoms with Gasteiger partial charge in [0.25, 0.3) is 16.8 Å². The van der Waals surface area contributed by atoms with Gasteiger partial charge in [0.05, 0.1) is 23.5 Å². The molecular formula is C21H19N3O8S. The molecule has 33 heavy (non-hydrogen) atoms. The number of carbonyl (C=O) groups excluding carboxylic acids is 3. The van der Waals surface area contributed by atoms with Crippen molar-refractivity contribution in [1.29, 1.82) is 0 Å². The lowest BCUT2D eigenvalue weighted by Gasteiger charge is -2.19. The van der Waals surface area contributed by atoms with Crippen molar-refractivity contribution in [2.45, 2.75) is 19.9 Å². The van der Waals surface area contributed by atoms with Gasteiger partial charge in [0.15, 0.2) is 11.5 Å². The van der Waals surface area contributed by atoms with Gasteiger partial charge in [0.2, 0.25) is 5.88 Å². The molecule has 1 unspecified atom stereocenters. The molecule has 2 heterocycles. The summed E-state index contributed by atoms with van der Waals surface area (Å²) in [6.07, 6.45) is 2.57. The number of nitrogens with zero attached hydrogens (tertiary/aromatic N) is 3. The molecular weight excluding hydrogens is 454 g/mol. The Hall–Kier alpha value is -3.93. The number of methoxy groups -OCH3 is 1. The zero-order chi connectivity index (χ0) is 24.1. The van der Waals surface area contributed by atoms with Gasteiger partial charge in [-0.25, -0.2) is 9.78 Å². The predicted octanol–water partition coefficient (Wildman–Crippen LogP) is 3.78. The first-order chi connectivity index (χ1) is 15.7. The van der Waals surface area contributed by atoms with Gasteiger partial charge in [-0.05, 0) is 49.4 Å².